The van der Waals surface area contributed by atoms with Crippen LogP contribution in [0, 0.1) is 5.82 Å². The average molecular weight is 229 g/mol. The van der Waals surface area contributed by atoms with E-state index in [2.05, 4.69) is 11.6 Å². The van der Waals surface area contributed by atoms with Gasteiger partial charge in [0.15, 0.2) is 0 Å². The molecule has 0 N–H and O–H groups in total. The summed E-state index contributed by atoms with van der Waals surface area (Å²) in [6.07, 6.45) is 1.18. The third kappa shape index (κ3) is 2.50. The van der Waals surface area contributed by atoms with E-state index in [1.807, 2.05) is 24.3 Å². The molecule has 3 heteroatoms. The van der Waals surface area contributed by atoms with Crippen molar-refractivity contribution in [3.8, 4) is 5.75 Å². The third-order valence-corrected chi connectivity index (χ3v) is 2.48. The summed E-state index contributed by atoms with van der Waals surface area (Å²) in [5, 5.41) is 0. The van der Waals surface area contributed by atoms with Crippen molar-refractivity contribution in [2.24, 2.45) is 0 Å². The van der Waals surface area contributed by atoms with E-state index in [1.54, 1.807) is 13.2 Å². The van der Waals surface area contributed by atoms with Crippen molar-refractivity contribution in [2.45, 2.75) is 0 Å². The number of nitrogens with zero attached hydrogens (tertiary/aromatic N) is 1. The van der Waals surface area contributed by atoms with Crippen molar-refractivity contribution in [3.05, 3.63) is 66.2 Å². The van der Waals surface area contributed by atoms with Gasteiger partial charge in [-0.2, -0.15) is 0 Å². The van der Waals surface area contributed by atoms with E-state index in [-0.39, 0.29) is 5.82 Å². The van der Waals surface area contributed by atoms with Gasteiger partial charge in [-0.05, 0) is 29.8 Å². The lowest BCUT2D eigenvalue weighted by molar-refractivity contribution is 0.415. The summed E-state index contributed by atoms with van der Waals surface area (Å²) in [6, 6.07) is 10.5. The number of ether oxygens (including phenoxy) is 1. The first kappa shape index (κ1) is 11.3. The van der Waals surface area contributed by atoms with E-state index in [9.17, 15) is 4.39 Å². The smallest absolute Gasteiger partial charge is 0.141 e. The molecule has 1 aromatic heterocycles. The minimum Gasteiger partial charge on any atom is -0.497 e. The van der Waals surface area contributed by atoms with Crippen LogP contribution in [0.15, 0.2) is 49.2 Å². The van der Waals surface area contributed by atoms with Crippen molar-refractivity contribution in [1.29, 1.82) is 0 Å². The molecule has 0 fully saturated rings. The van der Waals surface area contributed by atoms with E-state index in [1.165, 1.54) is 12.3 Å². The molecule has 2 aromatic rings. The molecule has 0 bridgehead atoms. The molecule has 0 atom stereocenters. The lowest BCUT2D eigenvalue weighted by atomic mass is 10.0. The zero-order valence-corrected chi connectivity index (χ0v) is 9.48. The van der Waals surface area contributed by atoms with Crippen LogP contribution in [-0.2, 0) is 0 Å². The zero-order chi connectivity index (χ0) is 12.3. The first-order valence-electron chi connectivity index (χ1n) is 5.16. The standard InChI is InChI=1S/C14H12FNO/c1-10(14-8-5-12(15)9-16-14)11-3-6-13(17-2)7-4-11/h3-9H,1H2,2H3. The Balaban J connectivity index is 2.27. The van der Waals surface area contributed by atoms with Crippen LogP contribution < -0.4 is 4.74 Å². The van der Waals surface area contributed by atoms with Crippen LogP contribution >= 0.6 is 0 Å². The van der Waals surface area contributed by atoms with Crippen molar-refractivity contribution >= 4 is 5.57 Å². The first-order chi connectivity index (χ1) is 8.20. The highest BCUT2D eigenvalue weighted by Gasteiger charge is 2.04. The van der Waals surface area contributed by atoms with Gasteiger partial charge in [0.25, 0.3) is 0 Å². The Morgan fingerprint density at radius 3 is 2.41 bits per heavy atom. The highest BCUT2D eigenvalue weighted by molar-refractivity contribution is 5.76. The molecular formula is C14H12FNO. The molecule has 0 radical (unpaired) electrons. The number of hydrogen-bond acceptors (Lipinski definition) is 2. The molecule has 0 saturated carbocycles. The monoisotopic (exact) mass is 229 g/mol. The molecular weight excluding hydrogens is 217 g/mol. The Hall–Kier alpha value is -2.16. The van der Waals surface area contributed by atoms with Crippen LogP contribution in [-0.4, -0.2) is 12.1 Å². The lowest BCUT2D eigenvalue weighted by Crippen LogP contribution is -1.91. The number of hydrogen-bond donors (Lipinski definition) is 0. The fourth-order valence-corrected chi connectivity index (χ4v) is 1.49. The van der Waals surface area contributed by atoms with Gasteiger partial charge in [-0.1, -0.05) is 18.7 Å². The molecule has 0 saturated heterocycles. The fourth-order valence-electron chi connectivity index (χ4n) is 1.49. The third-order valence-electron chi connectivity index (χ3n) is 2.48. The number of rotatable bonds is 3. The average Bonchev–Trinajstić information content (AvgIpc) is 2.39. The molecule has 0 aliphatic carbocycles. The van der Waals surface area contributed by atoms with Gasteiger partial charge in [0.1, 0.15) is 11.6 Å². The summed E-state index contributed by atoms with van der Waals surface area (Å²) in [5.41, 5.74) is 2.36. The Labute approximate surface area is 99.4 Å². The second-order valence-corrected chi connectivity index (χ2v) is 3.57. The van der Waals surface area contributed by atoms with Gasteiger partial charge in [0.05, 0.1) is 19.0 Å². The summed E-state index contributed by atoms with van der Waals surface area (Å²) in [4.78, 5) is 3.99. The second-order valence-electron chi connectivity index (χ2n) is 3.57. The van der Waals surface area contributed by atoms with Crippen LogP contribution in [0.3, 0.4) is 0 Å². The van der Waals surface area contributed by atoms with E-state index in [0.29, 0.717) is 5.69 Å². The van der Waals surface area contributed by atoms with Crippen molar-refractivity contribution in [1.82, 2.24) is 4.98 Å². The maximum absolute atomic E-state index is 12.7. The molecule has 17 heavy (non-hydrogen) atoms. The van der Waals surface area contributed by atoms with Gasteiger partial charge in [-0.3, -0.25) is 4.98 Å². The minimum atomic E-state index is -0.351. The molecule has 0 aliphatic heterocycles. The fraction of sp³-hybridized carbons (Fsp3) is 0.0714. The predicted octanol–water partition coefficient (Wildman–Crippen LogP) is 3.29. The maximum atomic E-state index is 12.7. The van der Waals surface area contributed by atoms with Crippen LogP contribution in [0.5, 0.6) is 5.75 Å². The number of benzene rings is 1. The largest absolute Gasteiger partial charge is 0.497 e. The van der Waals surface area contributed by atoms with Crippen LogP contribution in [0.25, 0.3) is 5.57 Å². The van der Waals surface area contributed by atoms with Gasteiger partial charge in [-0.15, -0.1) is 0 Å². The van der Waals surface area contributed by atoms with Crippen LogP contribution in [0.1, 0.15) is 11.3 Å². The molecule has 2 nitrogen and oxygen atoms in total. The molecule has 0 unspecified atom stereocenters. The summed E-state index contributed by atoms with van der Waals surface area (Å²) >= 11 is 0. The Morgan fingerprint density at radius 2 is 1.88 bits per heavy atom. The van der Waals surface area contributed by atoms with Crippen LogP contribution in [0.4, 0.5) is 4.39 Å². The highest BCUT2D eigenvalue weighted by atomic mass is 19.1. The topological polar surface area (TPSA) is 22.1 Å². The predicted molar refractivity (Wildman–Crippen MR) is 65.3 cm³/mol. The summed E-state index contributed by atoms with van der Waals surface area (Å²) in [7, 11) is 1.62. The van der Waals surface area contributed by atoms with Crippen molar-refractivity contribution < 1.29 is 9.13 Å². The SMILES string of the molecule is C=C(c1ccc(OC)cc1)c1ccc(F)cn1. The van der Waals surface area contributed by atoms with E-state index >= 15 is 0 Å². The zero-order valence-electron chi connectivity index (χ0n) is 9.48. The molecule has 1 aromatic carbocycles. The lowest BCUT2D eigenvalue weighted by Gasteiger charge is -2.06. The van der Waals surface area contributed by atoms with Gasteiger partial charge >= 0.3 is 0 Å². The number of halogens is 1. The van der Waals surface area contributed by atoms with E-state index in [0.717, 1.165) is 16.9 Å². The molecule has 2 rings (SSSR count). The summed E-state index contributed by atoms with van der Waals surface area (Å²) < 4.78 is 17.8. The molecule has 1 heterocycles. The molecule has 0 spiro atoms. The Kier molecular flexibility index (Phi) is 3.19. The first-order valence-corrected chi connectivity index (χ1v) is 5.16. The molecule has 0 amide bonds. The van der Waals surface area contributed by atoms with E-state index in [4.69, 9.17) is 4.74 Å². The van der Waals surface area contributed by atoms with Crippen molar-refractivity contribution in [2.75, 3.05) is 7.11 Å². The van der Waals surface area contributed by atoms with Crippen molar-refractivity contribution in [3.63, 3.8) is 0 Å². The summed E-state index contributed by atoms with van der Waals surface area (Å²) in [6.45, 7) is 3.95. The van der Waals surface area contributed by atoms with Crippen LogP contribution in [0.2, 0.25) is 0 Å². The Morgan fingerprint density at radius 1 is 1.18 bits per heavy atom. The van der Waals surface area contributed by atoms with Gasteiger partial charge < -0.3 is 4.74 Å². The minimum absolute atomic E-state index is 0.351. The number of pyridine rings is 1. The van der Waals surface area contributed by atoms with Gasteiger partial charge in [0, 0.05) is 5.57 Å². The second kappa shape index (κ2) is 4.78. The Bertz CT molecular complexity index is 517. The van der Waals surface area contributed by atoms with Gasteiger partial charge in [-0.25, -0.2) is 4.39 Å². The summed E-state index contributed by atoms with van der Waals surface area (Å²) in [5.74, 6) is 0.435. The number of methoxy groups -OCH3 is 1. The highest BCUT2D eigenvalue weighted by Crippen LogP contribution is 2.22. The van der Waals surface area contributed by atoms with Gasteiger partial charge in [0.2, 0.25) is 0 Å². The maximum Gasteiger partial charge on any atom is 0.141 e. The molecule has 0 aliphatic rings. The van der Waals surface area contributed by atoms with E-state index < -0.39 is 0 Å². The number of aromatic nitrogens is 1. The normalized spacial score (nSPS) is 10.0. The molecule has 86 valence electrons. The quantitative estimate of drug-likeness (QED) is 0.805.